The van der Waals surface area contributed by atoms with Gasteiger partial charge in [-0.3, -0.25) is 9.59 Å². The van der Waals surface area contributed by atoms with Gasteiger partial charge in [-0.05, 0) is 37.6 Å². The van der Waals surface area contributed by atoms with Gasteiger partial charge in [-0.2, -0.15) is 0 Å². The number of nitrogens with one attached hydrogen (secondary N) is 2. The average Bonchev–Trinajstić information content (AvgIpc) is 2.52. The highest BCUT2D eigenvalue weighted by Gasteiger charge is 2.15. The quantitative estimate of drug-likeness (QED) is 0.554. The SMILES string of the molecule is CCNC(=O)[C@H](C)NC(=O)COC(=O)/C=C/c1ccc(Br)cc1. The molecule has 1 aromatic rings. The smallest absolute Gasteiger partial charge is 0.331 e. The number of hydrogen-bond acceptors (Lipinski definition) is 4. The Labute approximate surface area is 143 Å². The number of likely N-dealkylation sites (N-methyl/N-ethyl adjacent to an activating group) is 1. The Morgan fingerprint density at radius 2 is 1.91 bits per heavy atom. The molecular weight excluding hydrogens is 364 g/mol. The van der Waals surface area contributed by atoms with Crippen LogP contribution in [0.25, 0.3) is 6.08 Å². The fourth-order valence-corrected chi connectivity index (χ4v) is 1.86. The van der Waals surface area contributed by atoms with E-state index in [1.165, 1.54) is 6.08 Å². The summed E-state index contributed by atoms with van der Waals surface area (Å²) in [6.07, 6.45) is 2.83. The zero-order valence-electron chi connectivity index (χ0n) is 13.0. The average molecular weight is 383 g/mol. The molecule has 0 heterocycles. The Balaban J connectivity index is 2.36. The molecule has 0 unspecified atom stereocenters. The molecule has 2 amide bonds. The Hall–Kier alpha value is -2.15. The van der Waals surface area contributed by atoms with Crippen molar-refractivity contribution in [1.29, 1.82) is 0 Å². The standard InChI is InChI=1S/C16H19BrN2O4/c1-3-18-16(22)11(2)19-14(20)10-23-15(21)9-6-12-4-7-13(17)8-5-12/h4-9,11H,3,10H2,1-2H3,(H,18,22)(H,19,20)/b9-6+/t11-/m0/s1. The molecule has 1 rings (SSSR count). The van der Waals surface area contributed by atoms with E-state index < -0.39 is 24.5 Å². The molecule has 0 spiro atoms. The number of halogens is 1. The van der Waals surface area contributed by atoms with Gasteiger partial charge in [0.05, 0.1) is 0 Å². The topological polar surface area (TPSA) is 84.5 Å². The summed E-state index contributed by atoms with van der Waals surface area (Å²) >= 11 is 3.32. The number of amides is 2. The first kappa shape index (κ1) is 18.9. The van der Waals surface area contributed by atoms with Crippen LogP contribution in [0.1, 0.15) is 19.4 Å². The fraction of sp³-hybridized carbons (Fsp3) is 0.312. The van der Waals surface area contributed by atoms with E-state index in [-0.39, 0.29) is 5.91 Å². The summed E-state index contributed by atoms with van der Waals surface area (Å²) in [6, 6.07) is 6.67. The van der Waals surface area contributed by atoms with Crippen LogP contribution in [-0.2, 0) is 19.1 Å². The van der Waals surface area contributed by atoms with Crippen LogP contribution >= 0.6 is 15.9 Å². The normalized spacial score (nSPS) is 11.8. The van der Waals surface area contributed by atoms with Crippen LogP contribution in [0.5, 0.6) is 0 Å². The molecule has 0 aliphatic carbocycles. The number of rotatable bonds is 7. The van der Waals surface area contributed by atoms with E-state index in [2.05, 4.69) is 26.6 Å². The van der Waals surface area contributed by atoms with Crippen molar-refractivity contribution < 1.29 is 19.1 Å². The third kappa shape index (κ3) is 7.60. The van der Waals surface area contributed by atoms with Crippen LogP contribution in [0.15, 0.2) is 34.8 Å². The predicted octanol–water partition coefficient (Wildman–Crippen LogP) is 1.65. The maximum absolute atomic E-state index is 11.6. The van der Waals surface area contributed by atoms with Crippen LogP contribution in [0.2, 0.25) is 0 Å². The summed E-state index contributed by atoms with van der Waals surface area (Å²) in [5, 5.41) is 5.02. The van der Waals surface area contributed by atoms with Gasteiger partial charge < -0.3 is 15.4 Å². The van der Waals surface area contributed by atoms with Crippen LogP contribution in [0.4, 0.5) is 0 Å². The van der Waals surface area contributed by atoms with Crippen molar-refractivity contribution in [3.63, 3.8) is 0 Å². The van der Waals surface area contributed by atoms with Gasteiger partial charge in [-0.25, -0.2) is 4.79 Å². The monoisotopic (exact) mass is 382 g/mol. The number of carbonyl (C=O) groups is 3. The van der Waals surface area contributed by atoms with Gasteiger partial charge in [0.2, 0.25) is 5.91 Å². The van der Waals surface area contributed by atoms with E-state index >= 15 is 0 Å². The lowest BCUT2D eigenvalue weighted by molar-refractivity contribution is -0.144. The molecule has 0 bridgehead atoms. The van der Waals surface area contributed by atoms with Crippen molar-refractivity contribution in [3.8, 4) is 0 Å². The molecular formula is C16H19BrN2O4. The lowest BCUT2D eigenvalue weighted by atomic mass is 10.2. The minimum atomic E-state index is -0.681. The largest absolute Gasteiger partial charge is 0.452 e. The fourth-order valence-electron chi connectivity index (χ4n) is 1.60. The molecule has 124 valence electrons. The second-order valence-electron chi connectivity index (χ2n) is 4.68. The summed E-state index contributed by atoms with van der Waals surface area (Å²) in [5.41, 5.74) is 0.833. The first-order chi connectivity index (χ1) is 10.9. The zero-order valence-corrected chi connectivity index (χ0v) is 14.6. The molecule has 0 aliphatic heterocycles. The Kier molecular flexibility index (Phi) is 8.04. The summed E-state index contributed by atoms with van der Waals surface area (Å²) in [5.74, 6) is -1.45. The van der Waals surface area contributed by atoms with Crippen LogP contribution in [0.3, 0.4) is 0 Å². The lowest BCUT2D eigenvalue weighted by Crippen LogP contribution is -2.46. The molecule has 0 saturated carbocycles. The van der Waals surface area contributed by atoms with E-state index in [1.54, 1.807) is 19.9 Å². The third-order valence-corrected chi connectivity index (χ3v) is 3.28. The van der Waals surface area contributed by atoms with E-state index in [0.29, 0.717) is 6.54 Å². The molecule has 0 saturated heterocycles. The van der Waals surface area contributed by atoms with E-state index in [0.717, 1.165) is 10.0 Å². The summed E-state index contributed by atoms with van der Waals surface area (Å²) in [4.78, 5) is 34.6. The van der Waals surface area contributed by atoms with Crippen LogP contribution in [-0.4, -0.2) is 37.0 Å². The molecule has 0 aliphatic rings. The second-order valence-corrected chi connectivity index (χ2v) is 5.59. The highest BCUT2D eigenvalue weighted by atomic mass is 79.9. The van der Waals surface area contributed by atoms with Crippen molar-refractivity contribution >= 4 is 39.8 Å². The van der Waals surface area contributed by atoms with Gasteiger partial charge in [0, 0.05) is 17.1 Å². The number of benzene rings is 1. The second kappa shape index (κ2) is 9.78. The Morgan fingerprint density at radius 3 is 2.52 bits per heavy atom. The Morgan fingerprint density at radius 1 is 1.26 bits per heavy atom. The number of esters is 1. The van der Waals surface area contributed by atoms with Gasteiger partial charge in [-0.1, -0.05) is 28.1 Å². The predicted molar refractivity (Wildman–Crippen MR) is 90.4 cm³/mol. The van der Waals surface area contributed by atoms with Crippen molar-refractivity contribution in [2.75, 3.05) is 13.2 Å². The van der Waals surface area contributed by atoms with Crippen LogP contribution < -0.4 is 10.6 Å². The van der Waals surface area contributed by atoms with Gasteiger partial charge in [-0.15, -0.1) is 0 Å². The molecule has 0 aromatic heterocycles. The highest BCUT2D eigenvalue weighted by Crippen LogP contribution is 2.11. The van der Waals surface area contributed by atoms with E-state index in [9.17, 15) is 14.4 Å². The van der Waals surface area contributed by atoms with Crippen molar-refractivity contribution in [1.82, 2.24) is 10.6 Å². The molecule has 0 fully saturated rings. The maximum atomic E-state index is 11.6. The first-order valence-corrected chi connectivity index (χ1v) is 7.89. The Bertz CT molecular complexity index is 584. The van der Waals surface area contributed by atoms with Gasteiger partial charge in [0.25, 0.3) is 5.91 Å². The van der Waals surface area contributed by atoms with Gasteiger partial charge >= 0.3 is 5.97 Å². The molecule has 2 N–H and O–H groups in total. The third-order valence-electron chi connectivity index (χ3n) is 2.75. The minimum absolute atomic E-state index is 0.290. The molecule has 1 atom stereocenters. The van der Waals surface area contributed by atoms with Crippen molar-refractivity contribution in [2.24, 2.45) is 0 Å². The molecule has 0 radical (unpaired) electrons. The maximum Gasteiger partial charge on any atom is 0.331 e. The molecule has 23 heavy (non-hydrogen) atoms. The van der Waals surface area contributed by atoms with Crippen LogP contribution in [0, 0.1) is 0 Å². The molecule has 7 heteroatoms. The van der Waals surface area contributed by atoms with E-state index in [4.69, 9.17) is 4.74 Å². The molecule has 1 aromatic carbocycles. The number of ether oxygens (including phenoxy) is 1. The summed E-state index contributed by atoms with van der Waals surface area (Å²) in [7, 11) is 0. The van der Waals surface area contributed by atoms with Crippen molar-refractivity contribution in [2.45, 2.75) is 19.9 Å². The molecule has 6 nitrogen and oxygen atoms in total. The van der Waals surface area contributed by atoms with Gasteiger partial charge in [0.15, 0.2) is 6.61 Å². The first-order valence-electron chi connectivity index (χ1n) is 7.10. The number of hydrogen-bond donors (Lipinski definition) is 2. The van der Waals surface area contributed by atoms with E-state index in [1.807, 2.05) is 24.3 Å². The summed E-state index contributed by atoms with van der Waals surface area (Å²) in [6.45, 7) is 3.38. The summed E-state index contributed by atoms with van der Waals surface area (Å²) < 4.78 is 5.75. The minimum Gasteiger partial charge on any atom is -0.452 e. The van der Waals surface area contributed by atoms with Crippen molar-refractivity contribution in [3.05, 3.63) is 40.4 Å². The number of carbonyl (C=O) groups excluding carboxylic acids is 3. The van der Waals surface area contributed by atoms with Gasteiger partial charge in [0.1, 0.15) is 6.04 Å². The zero-order chi connectivity index (χ0) is 17.2. The highest BCUT2D eigenvalue weighted by molar-refractivity contribution is 9.10. The lowest BCUT2D eigenvalue weighted by Gasteiger charge is -2.12.